The molecule has 0 spiro atoms. The van der Waals surface area contributed by atoms with Crippen LogP contribution in [0.3, 0.4) is 0 Å². The lowest BCUT2D eigenvalue weighted by atomic mass is 9.94. The van der Waals surface area contributed by atoms with Gasteiger partial charge < -0.3 is 9.47 Å². The first-order valence-corrected chi connectivity index (χ1v) is 8.82. The summed E-state index contributed by atoms with van der Waals surface area (Å²) in [6, 6.07) is 4.86. The predicted molar refractivity (Wildman–Crippen MR) is 95.5 cm³/mol. The van der Waals surface area contributed by atoms with Gasteiger partial charge in [-0.15, -0.1) is 10.2 Å². The second kappa shape index (κ2) is 6.40. The van der Waals surface area contributed by atoms with Gasteiger partial charge in [0.1, 0.15) is 7.85 Å². The minimum atomic E-state index is -0.127. The van der Waals surface area contributed by atoms with E-state index >= 15 is 0 Å². The molecule has 0 saturated heterocycles. The van der Waals surface area contributed by atoms with Crippen LogP contribution < -0.4 is 5.46 Å². The molecule has 0 saturated carbocycles. The number of aromatic nitrogens is 5. The number of halogens is 2. The zero-order valence-electron chi connectivity index (χ0n) is 12.7. The Balaban J connectivity index is 1.58. The number of fused-ring (bicyclic) bond motifs is 1. The third kappa shape index (κ3) is 3.03. The average molecular weight is 391 g/mol. The number of rotatable bonds is 2. The molecule has 2 radical (unpaired) electrons. The summed E-state index contributed by atoms with van der Waals surface area (Å²) in [4.78, 5) is 18.5. The van der Waals surface area contributed by atoms with Crippen molar-refractivity contribution < 1.29 is 4.79 Å². The molecule has 25 heavy (non-hydrogen) atoms. The minimum Gasteiger partial charge on any atom is -0.329 e. The van der Waals surface area contributed by atoms with Crippen molar-refractivity contribution in [3.8, 4) is 10.8 Å². The molecule has 11 heteroatoms. The number of benzene rings is 1. The highest BCUT2D eigenvalue weighted by atomic mass is 35.5. The highest BCUT2D eigenvalue weighted by Crippen LogP contribution is 2.25. The van der Waals surface area contributed by atoms with Crippen molar-refractivity contribution in [2.75, 3.05) is 6.54 Å². The second-order valence-corrected chi connectivity index (χ2v) is 6.92. The molecule has 1 aliphatic heterocycles. The normalized spacial score (nSPS) is 13.8. The first-order chi connectivity index (χ1) is 12.0. The Morgan fingerprint density at radius 2 is 2.08 bits per heavy atom. The van der Waals surface area contributed by atoms with E-state index < -0.39 is 0 Å². The topological polar surface area (TPSA) is 76.8 Å². The first kappa shape index (κ1) is 16.5. The van der Waals surface area contributed by atoms with Crippen molar-refractivity contribution in [2.45, 2.75) is 13.1 Å². The fourth-order valence-corrected chi connectivity index (χ4v) is 3.56. The van der Waals surface area contributed by atoms with Gasteiger partial charge in [0.05, 0.1) is 6.54 Å². The molecule has 0 bridgehead atoms. The molecule has 0 N–H and O–H groups in total. The predicted octanol–water partition coefficient (Wildman–Crippen LogP) is 1.55. The smallest absolute Gasteiger partial charge is 0.254 e. The molecule has 2 aromatic heterocycles. The van der Waals surface area contributed by atoms with Gasteiger partial charge in [-0.3, -0.25) is 4.79 Å². The molecule has 1 amide bonds. The van der Waals surface area contributed by atoms with E-state index in [-0.39, 0.29) is 11.2 Å². The fraction of sp³-hybridized carbons (Fsp3) is 0.214. The number of carbonyl (C=O) groups is 1. The Morgan fingerprint density at radius 1 is 1.24 bits per heavy atom. The Bertz CT molecular complexity index is 974. The van der Waals surface area contributed by atoms with Gasteiger partial charge in [-0.25, -0.2) is 4.98 Å². The summed E-state index contributed by atoms with van der Waals surface area (Å²) in [5.41, 5.74) is 0.870. The lowest BCUT2D eigenvalue weighted by molar-refractivity contribution is 0.0708. The van der Waals surface area contributed by atoms with E-state index in [9.17, 15) is 4.79 Å². The Hall–Kier alpha value is -1.97. The van der Waals surface area contributed by atoms with Crippen LogP contribution in [0.1, 0.15) is 16.2 Å². The maximum atomic E-state index is 12.7. The van der Waals surface area contributed by atoms with Gasteiger partial charge in [0.15, 0.2) is 16.7 Å². The van der Waals surface area contributed by atoms with Gasteiger partial charge in [0, 0.05) is 23.7 Å². The number of amides is 1. The summed E-state index contributed by atoms with van der Waals surface area (Å²) < 4.78 is 5.87. The van der Waals surface area contributed by atoms with Crippen LogP contribution in [0.2, 0.25) is 10.3 Å². The Morgan fingerprint density at radius 3 is 2.80 bits per heavy atom. The van der Waals surface area contributed by atoms with Gasteiger partial charge in [-0.05, 0) is 35.3 Å². The quantitative estimate of drug-likeness (QED) is 0.620. The zero-order chi connectivity index (χ0) is 17.6. The highest BCUT2D eigenvalue weighted by Gasteiger charge is 2.27. The summed E-state index contributed by atoms with van der Waals surface area (Å²) in [7, 11) is 5.78. The van der Waals surface area contributed by atoms with E-state index in [1.165, 1.54) is 0 Å². The SMILES string of the molecule is [B]c1cc(C(=O)N2CCn3c(nnc3-c3nc(Cl)ns3)C2)ccc1Cl. The van der Waals surface area contributed by atoms with Crippen molar-refractivity contribution in [1.29, 1.82) is 0 Å². The highest BCUT2D eigenvalue weighted by molar-refractivity contribution is 7.09. The molecule has 0 fully saturated rings. The van der Waals surface area contributed by atoms with Gasteiger partial charge >= 0.3 is 0 Å². The van der Waals surface area contributed by atoms with E-state index in [0.29, 0.717) is 52.3 Å². The largest absolute Gasteiger partial charge is 0.329 e. The average Bonchev–Trinajstić information content (AvgIpc) is 3.22. The third-order valence-electron chi connectivity index (χ3n) is 3.88. The van der Waals surface area contributed by atoms with Crippen LogP contribution in [0.25, 0.3) is 10.8 Å². The van der Waals surface area contributed by atoms with Crippen LogP contribution in [-0.4, -0.2) is 49.3 Å². The molecule has 0 aliphatic carbocycles. The lowest BCUT2D eigenvalue weighted by Crippen LogP contribution is -2.38. The summed E-state index contributed by atoms with van der Waals surface area (Å²) in [6.45, 7) is 1.43. The minimum absolute atomic E-state index is 0.127. The first-order valence-electron chi connectivity index (χ1n) is 7.29. The fourth-order valence-electron chi connectivity index (χ4n) is 2.64. The Kier molecular flexibility index (Phi) is 4.22. The molecule has 1 aliphatic rings. The molecule has 3 aromatic rings. The molecule has 124 valence electrons. The van der Waals surface area contributed by atoms with Crippen molar-refractivity contribution in [3.05, 3.63) is 39.9 Å². The van der Waals surface area contributed by atoms with E-state index in [1.807, 2.05) is 4.57 Å². The Labute approximate surface area is 158 Å². The van der Waals surface area contributed by atoms with Crippen molar-refractivity contribution in [2.24, 2.45) is 0 Å². The zero-order valence-corrected chi connectivity index (χ0v) is 15.0. The van der Waals surface area contributed by atoms with Gasteiger partial charge in [0.2, 0.25) is 5.28 Å². The molecule has 3 heterocycles. The molecule has 0 atom stereocenters. The van der Waals surface area contributed by atoms with Crippen LogP contribution in [0, 0.1) is 0 Å². The maximum Gasteiger partial charge on any atom is 0.254 e. The molecule has 0 unspecified atom stereocenters. The van der Waals surface area contributed by atoms with Crippen LogP contribution in [0.4, 0.5) is 0 Å². The van der Waals surface area contributed by atoms with E-state index in [2.05, 4.69) is 19.6 Å². The molecule has 4 rings (SSSR count). The van der Waals surface area contributed by atoms with Gasteiger partial charge in [-0.1, -0.05) is 23.1 Å². The van der Waals surface area contributed by atoms with Crippen LogP contribution >= 0.6 is 34.7 Å². The monoisotopic (exact) mass is 390 g/mol. The van der Waals surface area contributed by atoms with Crippen molar-refractivity contribution in [1.82, 2.24) is 29.0 Å². The standard InChI is InChI=1S/C14H9BCl2N6OS/c15-8-5-7(1-2-9(8)16)13(24)22-3-4-23-10(6-22)19-20-11(23)12-18-14(17)21-25-12/h1-2,5H,3-4,6H2. The summed E-state index contributed by atoms with van der Waals surface area (Å²) in [6.07, 6.45) is 0. The summed E-state index contributed by atoms with van der Waals surface area (Å²) in [5, 5.41) is 9.55. The number of hydrogen-bond acceptors (Lipinski definition) is 6. The van der Waals surface area contributed by atoms with E-state index in [4.69, 9.17) is 31.0 Å². The third-order valence-corrected chi connectivity index (χ3v) is 5.20. The van der Waals surface area contributed by atoms with Crippen LogP contribution in [0.15, 0.2) is 18.2 Å². The van der Waals surface area contributed by atoms with E-state index in [1.54, 1.807) is 23.1 Å². The summed E-state index contributed by atoms with van der Waals surface area (Å²) in [5.74, 6) is 1.17. The molecule has 1 aromatic carbocycles. The second-order valence-electron chi connectivity index (χ2n) is 5.42. The van der Waals surface area contributed by atoms with Gasteiger partial charge in [-0.2, -0.15) is 4.37 Å². The number of carbonyl (C=O) groups excluding carboxylic acids is 1. The number of hydrogen-bond donors (Lipinski definition) is 0. The molecular weight excluding hydrogens is 382 g/mol. The van der Waals surface area contributed by atoms with Gasteiger partial charge in [0.25, 0.3) is 5.91 Å². The molecule has 7 nitrogen and oxygen atoms in total. The number of nitrogens with zero attached hydrogens (tertiary/aromatic N) is 6. The lowest BCUT2D eigenvalue weighted by Gasteiger charge is -2.27. The maximum absolute atomic E-state index is 12.7. The van der Waals surface area contributed by atoms with Crippen molar-refractivity contribution in [3.63, 3.8) is 0 Å². The van der Waals surface area contributed by atoms with E-state index in [0.717, 1.165) is 11.5 Å². The van der Waals surface area contributed by atoms with Crippen molar-refractivity contribution >= 4 is 54.0 Å². The summed E-state index contributed by atoms with van der Waals surface area (Å²) >= 11 is 12.8. The molecular formula is C14H9BCl2N6OS. The van der Waals surface area contributed by atoms with Crippen LogP contribution in [-0.2, 0) is 13.1 Å². The van der Waals surface area contributed by atoms with Crippen LogP contribution in [0.5, 0.6) is 0 Å².